The van der Waals surface area contributed by atoms with Gasteiger partial charge in [-0.25, -0.2) is 22.5 Å². The van der Waals surface area contributed by atoms with Gasteiger partial charge in [0.25, 0.3) is 11.8 Å². The van der Waals surface area contributed by atoms with E-state index in [9.17, 15) is 22.4 Å². The predicted octanol–water partition coefficient (Wildman–Crippen LogP) is 3.99. The Morgan fingerprint density at radius 2 is 1.94 bits per heavy atom. The first kappa shape index (κ1) is 22.2. The molecule has 1 aromatic heterocycles. The van der Waals surface area contributed by atoms with E-state index >= 15 is 0 Å². The summed E-state index contributed by atoms with van der Waals surface area (Å²) in [5.41, 5.74) is 0.693. The molecule has 0 saturated carbocycles. The molecule has 2 unspecified atom stereocenters. The maximum atomic E-state index is 14.9. The minimum Gasteiger partial charge on any atom is -0.385 e. The van der Waals surface area contributed by atoms with Crippen LogP contribution in [-0.4, -0.2) is 28.3 Å². The minimum absolute atomic E-state index is 0.00587. The van der Waals surface area contributed by atoms with E-state index in [0.717, 1.165) is 26.0 Å². The van der Waals surface area contributed by atoms with Crippen LogP contribution in [-0.2, 0) is 5.54 Å². The van der Waals surface area contributed by atoms with Crippen molar-refractivity contribution in [1.29, 1.82) is 5.26 Å². The molecule has 1 amide bonds. The second-order valence-electron chi connectivity index (χ2n) is 7.80. The van der Waals surface area contributed by atoms with Gasteiger partial charge in [0.1, 0.15) is 23.4 Å². The van der Waals surface area contributed by atoms with E-state index in [1.807, 2.05) is 6.07 Å². The highest BCUT2D eigenvalue weighted by Gasteiger charge is 2.60. The van der Waals surface area contributed by atoms with Crippen LogP contribution in [0.3, 0.4) is 0 Å². The Kier molecular flexibility index (Phi) is 5.26. The number of amidine groups is 1. The number of aryl methyl sites for hydroxylation is 1. The molecule has 0 saturated heterocycles. The average molecular weight is 433 g/mol. The number of pyridine rings is 1. The number of aliphatic imine (C=N–C) groups is 1. The van der Waals surface area contributed by atoms with Gasteiger partial charge in [-0.05, 0) is 50.6 Å². The molecule has 162 valence electrons. The van der Waals surface area contributed by atoms with Gasteiger partial charge in [-0.2, -0.15) is 5.26 Å². The van der Waals surface area contributed by atoms with Crippen molar-refractivity contribution >= 4 is 17.4 Å². The highest BCUT2D eigenvalue weighted by atomic mass is 19.3. The first-order valence-corrected chi connectivity index (χ1v) is 9.21. The van der Waals surface area contributed by atoms with E-state index < -0.39 is 46.7 Å². The van der Waals surface area contributed by atoms with Gasteiger partial charge in [0.15, 0.2) is 11.2 Å². The molecule has 0 radical (unpaired) electrons. The molecule has 1 aliphatic rings. The normalized spacial score (nSPS) is 24.8. The standard InChI is InChI=1S/C21H19F4N5O/c1-11-6-12(8-26)9-28-16(11)17(31)29-13-4-5-15(22)14(7-13)20(3)21(24,25)10-19(2,23)18(27)30-20/h4-7,9H,10H2,1-3H3,(H2,27,30)(H,29,31). The number of benzene rings is 1. The quantitative estimate of drug-likeness (QED) is 0.714. The van der Waals surface area contributed by atoms with Crippen LogP contribution < -0.4 is 11.1 Å². The van der Waals surface area contributed by atoms with Crippen molar-refractivity contribution in [3.63, 3.8) is 0 Å². The Bertz CT molecular complexity index is 1140. The Hall–Kier alpha value is -3.48. The fourth-order valence-corrected chi connectivity index (χ4v) is 3.42. The third kappa shape index (κ3) is 3.83. The molecule has 1 aliphatic heterocycles. The lowest BCUT2D eigenvalue weighted by atomic mass is 9.77. The van der Waals surface area contributed by atoms with Gasteiger partial charge in [-0.15, -0.1) is 0 Å². The molecule has 0 spiro atoms. The Morgan fingerprint density at radius 1 is 1.26 bits per heavy atom. The van der Waals surface area contributed by atoms with Crippen LogP contribution in [0.5, 0.6) is 0 Å². The van der Waals surface area contributed by atoms with E-state index in [2.05, 4.69) is 15.3 Å². The lowest BCUT2D eigenvalue weighted by Gasteiger charge is -2.42. The number of hydrogen-bond donors (Lipinski definition) is 2. The van der Waals surface area contributed by atoms with Gasteiger partial charge in [0.2, 0.25) is 0 Å². The molecule has 3 rings (SSSR count). The van der Waals surface area contributed by atoms with Gasteiger partial charge in [-0.3, -0.25) is 9.79 Å². The van der Waals surface area contributed by atoms with Crippen LogP contribution in [0.1, 0.15) is 47.4 Å². The molecule has 2 atom stereocenters. The smallest absolute Gasteiger partial charge is 0.280 e. The number of nitrogens with two attached hydrogens (primary N) is 1. The van der Waals surface area contributed by atoms with E-state index in [1.54, 1.807) is 6.92 Å². The summed E-state index contributed by atoms with van der Waals surface area (Å²) >= 11 is 0. The number of hydrogen-bond acceptors (Lipinski definition) is 5. The summed E-state index contributed by atoms with van der Waals surface area (Å²) in [6, 6.07) is 6.47. The highest BCUT2D eigenvalue weighted by molar-refractivity contribution is 6.04. The Morgan fingerprint density at radius 3 is 2.55 bits per heavy atom. The van der Waals surface area contributed by atoms with Gasteiger partial charge < -0.3 is 11.1 Å². The number of halogens is 4. The zero-order valence-corrected chi connectivity index (χ0v) is 16.9. The zero-order chi connectivity index (χ0) is 23.2. The van der Waals surface area contributed by atoms with Crippen molar-refractivity contribution in [2.75, 3.05) is 5.32 Å². The van der Waals surface area contributed by atoms with Crippen LogP contribution in [0.15, 0.2) is 35.5 Å². The van der Waals surface area contributed by atoms with Gasteiger partial charge in [0.05, 0.1) is 12.0 Å². The molecular formula is C21H19F4N5O. The molecular weight excluding hydrogens is 414 g/mol. The van der Waals surface area contributed by atoms with E-state index in [1.165, 1.54) is 18.3 Å². The Balaban J connectivity index is 2.00. The van der Waals surface area contributed by atoms with Crippen molar-refractivity contribution in [3.8, 4) is 6.07 Å². The van der Waals surface area contributed by atoms with Gasteiger partial charge in [-0.1, -0.05) is 0 Å². The first-order valence-electron chi connectivity index (χ1n) is 9.21. The lowest BCUT2D eigenvalue weighted by Crippen LogP contribution is -2.56. The SMILES string of the molecule is Cc1cc(C#N)cnc1C(=O)Nc1ccc(F)c(C2(C)N=C(N)C(C)(F)CC2(F)F)c1. The summed E-state index contributed by atoms with van der Waals surface area (Å²) in [6.07, 6.45) is -0.0523. The third-order valence-electron chi connectivity index (χ3n) is 5.32. The fraction of sp³-hybridized carbons (Fsp3) is 0.333. The van der Waals surface area contributed by atoms with Gasteiger partial charge in [0, 0.05) is 17.4 Å². The second kappa shape index (κ2) is 7.34. The van der Waals surface area contributed by atoms with Crippen molar-refractivity contribution in [1.82, 2.24) is 4.98 Å². The van der Waals surface area contributed by atoms with Crippen molar-refractivity contribution in [3.05, 3.63) is 58.7 Å². The van der Waals surface area contributed by atoms with E-state index in [0.29, 0.717) is 5.56 Å². The van der Waals surface area contributed by atoms with E-state index in [-0.39, 0.29) is 16.9 Å². The molecule has 0 aliphatic carbocycles. The number of rotatable bonds is 3. The van der Waals surface area contributed by atoms with Crippen LogP contribution in [0, 0.1) is 24.1 Å². The van der Waals surface area contributed by atoms with Crippen LogP contribution >= 0.6 is 0 Å². The molecule has 2 aromatic rings. The van der Waals surface area contributed by atoms with Gasteiger partial charge >= 0.3 is 0 Å². The van der Waals surface area contributed by atoms with Crippen LogP contribution in [0.4, 0.5) is 23.2 Å². The van der Waals surface area contributed by atoms with Crippen molar-refractivity contribution < 1.29 is 22.4 Å². The number of carbonyl (C=O) groups is 1. The molecule has 0 fully saturated rings. The summed E-state index contributed by atoms with van der Waals surface area (Å²) in [5.74, 6) is -6.10. The zero-order valence-electron chi connectivity index (χ0n) is 16.9. The topological polar surface area (TPSA) is 104 Å². The molecule has 31 heavy (non-hydrogen) atoms. The largest absolute Gasteiger partial charge is 0.385 e. The summed E-state index contributed by atoms with van der Waals surface area (Å²) in [4.78, 5) is 20.1. The molecule has 6 nitrogen and oxygen atoms in total. The highest BCUT2D eigenvalue weighted by Crippen LogP contribution is 2.50. The van der Waals surface area contributed by atoms with Crippen LogP contribution in [0.25, 0.3) is 0 Å². The van der Waals surface area contributed by atoms with Crippen LogP contribution in [0.2, 0.25) is 0 Å². The lowest BCUT2D eigenvalue weighted by molar-refractivity contribution is -0.106. The molecule has 1 aromatic carbocycles. The van der Waals surface area contributed by atoms with Crippen molar-refractivity contribution in [2.45, 2.75) is 44.3 Å². The second-order valence-corrected chi connectivity index (χ2v) is 7.80. The maximum Gasteiger partial charge on any atom is 0.280 e. The molecule has 2 heterocycles. The Labute approximate surface area is 175 Å². The fourth-order valence-electron chi connectivity index (χ4n) is 3.42. The molecule has 0 bridgehead atoms. The number of nitriles is 1. The number of nitrogens with zero attached hydrogens (tertiary/aromatic N) is 3. The summed E-state index contributed by atoms with van der Waals surface area (Å²) in [6.45, 7) is 3.43. The monoisotopic (exact) mass is 433 g/mol. The summed E-state index contributed by atoms with van der Waals surface area (Å²) in [7, 11) is 0. The summed E-state index contributed by atoms with van der Waals surface area (Å²) < 4.78 is 58.7. The number of amides is 1. The third-order valence-corrected chi connectivity index (χ3v) is 5.32. The predicted molar refractivity (Wildman–Crippen MR) is 106 cm³/mol. The molecule has 3 N–H and O–H groups in total. The minimum atomic E-state index is -3.76. The summed E-state index contributed by atoms with van der Waals surface area (Å²) in [5, 5.41) is 11.4. The number of alkyl halides is 3. The number of anilines is 1. The van der Waals surface area contributed by atoms with Crippen molar-refractivity contribution in [2.24, 2.45) is 10.7 Å². The average Bonchev–Trinajstić information content (AvgIpc) is 2.67. The number of carbonyl (C=O) groups excluding carboxylic acids is 1. The number of nitrogens with one attached hydrogen (secondary N) is 1. The van der Waals surface area contributed by atoms with E-state index in [4.69, 9.17) is 11.0 Å². The maximum absolute atomic E-state index is 14.9. The number of aromatic nitrogens is 1. The molecule has 10 heteroatoms. The first-order chi connectivity index (χ1) is 14.3.